The third-order valence-electron chi connectivity index (χ3n) is 3.10. The molecule has 0 saturated heterocycles. The van der Waals surface area contributed by atoms with Gasteiger partial charge in [0.05, 0.1) is 6.42 Å². The van der Waals surface area contributed by atoms with Crippen LogP contribution in [-0.4, -0.2) is 10.8 Å². The molecule has 0 unspecified atom stereocenters. The molecule has 17 heavy (non-hydrogen) atoms. The fourth-order valence-electron chi connectivity index (χ4n) is 2.18. The van der Waals surface area contributed by atoms with Crippen molar-refractivity contribution in [2.45, 2.75) is 19.5 Å². The molecule has 0 spiro atoms. The summed E-state index contributed by atoms with van der Waals surface area (Å²) in [5.41, 5.74) is 2.57. The molecule has 0 radical (unpaired) electrons. The number of amides is 1. The highest BCUT2D eigenvalue weighted by molar-refractivity contribution is 7.10. The lowest BCUT2D eigenvalue weighted by molar-refractivity contribution is -0.131. The van der Waals surface area contributed by atoms with Crippen LogP contribution in [0.2, 0.25) is 0 Å². The van der Waals surface area contributed by atoms with E-state index in [9.17, 15) is 4.79 Å². The highest BCUT2D eigenvalue weighted by Gasteiger charge is 2.22. The van der Waals surface area contributed by atoms with Gasteiger partial charge in [-0.3, -0.25) is 4.79 Å². The molecule has 0 aliphatic carbocycles. The summed E-state index contributed by atoms with van der Waals surface area (Å²) < 4.78 is 0. The topological polar surface area (TPSA) is 20.3 Å². The minimum atomic E-state index is 0.226. The lowest BCUT2D eigenvalue weighted by atomic mass is 10.1. The number of rotatable bonds is 2. The Labute approximate surface area is 105 Å². The molecule has 86 valence electrons. The number of carbonyl (C=O) groups is 1. The first kappa shape index (κ1) is 10.5. The quantitative estimate of drug-likeness (QED) is 0.794. The average Bonchev–Trinajstić information content (AvgIpc) is 2.96. The molecule has 2 nitrogen and oxygen atoms in total. The minimum Gasteiger partial charge on any atom is -0.334 e. The van der Waals surface area contributed by atoms with Crippen molar-refractivity contribution in [2.24, 2.45) is 0 Å². The van der Waals surface area contributed by atoms with Gasteiger partial charge in [0.1, 0.15) is 0 Å². The summed E-state index contributed by atoms with van der Waals surface area (Å²) in [6.07, 6.45) is 0.533. The molecule has 3 heteroatoms. The van der Waals surface area contributed by atoms with Crippen molar-refractivity contribution in [1.82, 2.24) is 4.90 Å². The maximum atomic E-state index is 12.1. The number of thiophene rings is 1. The highest BCUT2D eigenvalue weighted by atomic mass is 32.1. The van der Waals surface area contributed by atoms with E-state index in [2.05, 4.69) is 12.1 Å². The third kappa shape index (κ3) is 2.11. The van der Waals surface area contributed by atoms with E-state index >= 15 is 0 Å². The van der Waals surface area contributed by atoms with Crippen molar-refractivity contribution >= 4 is 17.2 Å². The summed E-state index contributed by atoms with van der Waals surface area (Å²) in [6.45, 7) is 1.53. The SMILES string of the molecule is O=C(Cc1cccs1)N1Cc2ccccc2C1. The molecule has 0 atom stereocenters. The highest BCUT2D eigenvalue weighted by Crippen LogP contribution is 2.23. The van der Waals surface area contributed by atoms with Crippen LogP contribution in [0.5, 0.6) is 0 Å². The first-order valence-electron chi connectivity index (χ1n) is 5.70. The zero-order chi connectivity index (χ0) is 11.7. The van der Waals surface area contributed by atoms with Crippen LogP contribution in [0.25, 0.3) is 0 Å². The van der Waals surface area contributed by atoms with Crippen molar-refractivity contribution in [1.29, 1.82) is 0 Å². The van der Waals surface area contributed by atoms with E-state index < -0.39 is 0 Å². The molecular weight excluding hydrogens is 230 g/mol. The van der Waals surface area contributed by atoms with E-state index in [0.29, 0.717) is 6.42 Å². The zero-order valence-electron chi connectivity index (χ0n) is 9.43. The van der Waals surface area contributed by atoms with Crippen LogP contribution in [-0.2, 0) is 24.3 Å². The van der Waals surface area contributed by atoms with E-state index in [4.69, 9.17) is 0 Å². The van der Waals surface area contributed by atoms with E-state index in [1.807, 2.05) is 34.5 Å². The number of hydrogen-bond donors (Lipinski definition) is 0. The molecule has 1 aromatic heterocycles. The van der Waals surface area contributed by atoms with Crippen molar-refractivity contribution in [3.63, 3.8) is 0 Å². The van der Waals surface area contributed by atoms with Crippen LogP contribution in [0, 0.1) is 0 Å². The number of fused-ring (bicyclic) bond motifs is 1. The summed E-state index contributed by atoms with van der Waals surface area (Å²) in [5.74, 6) is 0.226. The largest absolute Gasteiger partial charge is 0.334 e. The van der Waals surface area contributed by atoms with Gasteiger partial charge in [0.2, 0.25) is 5.91 Å². The molecule has 0 bridgehead atoms. The molecule has 0 saturated carbocycles. The van der Waals surface area contributed by atoms with Gasteiger partial charge in [0.25, 0.3) is 0 Å². The van der Waals surface area contributed by atoms with Gasteiger partial charge in [0, 0.05) is 18.0 Å². The van der Waals surface area contributed by atoms with Gasteiger partial charge in [-0.05, 0) is 22.6 Å². The van der Waals surface area contributed by atoms with Gasteiger partial charge >= 0.3 is 0 Å². The second kappa shape index (κ2) is 4.34. The van der Waals surface area contributed by atoms with Gasteiger partial charge < -0.3 is 4.90 Å². The van der Waals surface area contributed by atoms with Gasteiger partial charge in [0.15, 0.2) is 0 Å². The second-order valence-electron chi connectivity index (χ2n) is 4.27. The Bertz CT molecular complexity index is 508. The first-order valence-corrected chi connectivity index (χ1v) is 6.58. The van der Waals surface area contributed by atoms with Crippen LogP contribution >= 0.6 is 11.3 Å². The van der Waals surface area contributed by atoms with Crippen molar-refractivity contribution in [3.8, 4) is 0 Å². The lowest BCUT2D eigenvalue weighted by Gasteiger charge is -2.14. The number of benzene rings is 1. The van der Waals surface area contributed by atoms with Crippen molar-refractivity contribution in [2.75, 3.05) is 0 Å². The van der Waals surface area contributed by atoms with Gasteiger partial charge in [-0.1, -0.05) is 30.3 Å². The van der Waals surface area contributed by atoms with Gasteiger partial charge in [-0.25, -0.2) is 0 Å². The predicted molar refractivity (Wildman–Crippen MR) is 68.7 cm³/mol. The smallest absolute Gasteiger partial charge is 0.228 e. The molecule has 3 rings (SSSR count). The molecule has 0 fully saturated rings. The van der Waals surface area contributed by atoms with E-state index in [1.54, 1.807) is 11.3 Å². The van der Waals surface area contributed by atoms with Crippen LogP contribution in [0.1, 0.15) is 16.0 Å². The minimum absolute atomic E-state index is 0.226. The first-order chi connectivity index (χ1) is 8.33. The Morgan fingerprint density at radius 3 is 2.41 bits per heavy atom. The van der Waals surface area contributed by atoms with Crippen LogP contribution in [0.3, 0.4) is 0 Å². The summed E-state index contributed by atoms with van der Waals surface area (Å²) in [4.78, 5) is 15.2. The van der Waals surface area contributed by atoms with Crippen LogP contribution in [0.15, 0.2) is 41.8 Å². The standard InChI is InChI=1S/C14H13NOS/c16-14(8-13-6-3-7-17-13)15-9-11-4-1-2-5-12(11)10-15/h1-7H,8-10H2. The van der Waals surface area contributed by atoms with E-state index in [-0.39, 0.29) is 5.91 Å². The maximum absolute atomic E-state index is 12.1. The van der Waals surface area contributed by atoms with E-state index in [1.165, 1.54) is 11.1 Å². The molecule has 1 aromatic carbocycles. The summed E-state index contributed by atoms with van der Waals surface area (Å²) in [6, 6.07) is 12.3. The molecule has 0 N–H and O–H groups in total. The molecular formula is C14H13NOS. The fraction of sp³-hybridized carbons (Fsp3) is 0.214. The monoisotopic (exact) mass is 243 g/mol. The fourth-order valence-corrected chi connectivity index (χ4v) is 2.88. The van der Waals surface area contributed by atoms with Gasteiger partial charge in [-0.15, -0.1) is 11.3 Å². The number of hydrogen-bond acceptors (Lipinski definition) is 2. The summed E-state index contributed by atoms with van der Waals surface area (Å²) in [5, 5.41) is 2.02. The van der Waals surface area contributed by atoms with Crippen LogP contribution < -0.4 is 0 Å². The van der Waals surface area contributed by atoms with Crippen molar-refractivity contribution < 1.29 is 4.79 Å². The Balaban J connectivity index is 1.70. The predicted octanol–water partition coefficient (Wildman–Crippen LogP) is 2.83. The molecule has 1 aliphatic heterocycles. The van der Waals surface area contributed by atoms with Crippen LogP contribution in [0.4, 0.5) is 0 Å². The molecule has 2 aromatic rings. The van der Waals surface area contributed by atoms with Gasteiger partial charge in [-0.2, -0.15) is 0 Å². The maximum Gasteiger partial charge on any atom is 0.228 e. The zero-order valence-corrected chi connectivity index (χ0v) is 10.2. The number of carbonyl (C=O) groups excluding carboxylic acids is 1. The summed E-state index contributed by atoms with van der Waals surface area (Å²) in [7, 11) is 0. The average molecular weight is 243 g/mol. The Morgan fingerprint density at radius 2 is 1.82 bits per heavy atom. The Hall–Kier alpha value is -1.61. The Kier molecular flexibility index (Phi) is 2.69. The summed E-state index contributed by atoms with van der Waals surface area (Å²) >= 11 is 1.65. The normalized spacial score (nSPS) is 13.8. The lowest BCUT2D eigenvalue weighted by Crippen LogP contribution is -2.26. The number of nitrogens with zero attached hydrogens (tertiary/aromatic N) is 1. The molecule has 1 amide bonds. The third-order valence-corrected chi connectivity index (χ3v) is 3.98. The second-order valence-corrected chi connectivity index (χ2v) is 5.31. The Morgan fingerprint density at radius 1 is 1.12 bits per heavy atom. The van der Waals surface area contributed by atoms with Crippen molar-refractivity contribution in [3.05, 3.63) is 57.8 Å². The molecule has 1 aliphatic rings. The molecule has 2 heterocycles. The van der Waals surface area contributed by atoms with E-state index in [0.717, 1.165) is 18.0 Å².